The van der Waals surface area contributed by atoms with Gasteiger partial charge in [0.15, 0.2) is 5.13 Å². The molecule has 1 unspecified atom stereocenters. The summed E-state index contributed by atoms with van der Waals surface area (Å²) in [5.41, 5.74) is 1.69. The average molecular weight is 275 g/mol. The predicted octanol–water partition coefficient (Wildman–Crippen LogP) is 2.42. The maximum atomic E-state index is 11.2. The van der Waals surface area contributed by atoms with Gasteiger partial charge in [-0.25, -0.2) is 4.98 Å². The van der Waals surface area contributed by atoms with E-state index < -0.39 is 11.9 Å². The van der Waals surface area contributed by atoms with Crippen molar-refractivity contribution in [2.75, 3.05) is 11.9 Å². The molecule has 0 aromatic carbocycles. The zero-order valence-corrected chi connectivity index (χ0v) is 11.2. The lowest BCUT2D eigenvalue weighted by Crippen LogP contribution is -2.12. The molecule has 1 aliphatic rings. The molecular weight excluding hydrogens is 262 g/mol. The zero-order valence-electron chi connectivity index (χ0n) is 10.4. The van der Waals surface area contributed by atoms with Crippen molar-refractivity contribution in [2.45, 2.75) is 18.8 Å². The third-order valence-corrected chi connectivity index (χ3v) is 4.53. The lowest BCUT2D eigenvalue weighted by molar-refractivity contribution is -0.138. The number of thiazole rings is 1. The van der Waals surface area contributed by atoms with Crippen LogP contribution in [0, 0.1) is 0 Å². The molecule has 1 atom stereocenters. The molecule has 1 aliphatic carbocycles. The number of nitrogens with zero attached hydrogens (tertiary/aromatic N) is 3. The molecule has 5 nitrogen and oxygen atoms in total. The van der Waals surface area contributed by atoms with Crippen LogP contribution < -0.4 is 4.90 Å². The van der Waals surface area contributed by atoms with Crippen LogP contribution in [0.4, 0.5) is 10.8 Å². The fourth-order valence-electron chi connectivity index (χ4n) is 2.26. The van der Waals surface area contributed by atoms with Crippen molar-refractivity contribution in [2.24, 2.45) is 0 Å². The molecule has 2 aromatic heterocycles. The minimum atomic E-state index is -0.778. The number of carboxylic acids is 1. The topological polar surface area (TPSA) is 66.3 Å². The van der Waals surface area contributed by atoms with Crippen LogP contribution in [-0.2, 0) is 11.2 Å². The van der Waals surface area contributed by atoms with Crippen LogP contribution in [0.3, 0.4) is 0 Å². The lowest BCUT2D eigenvalue weighted by Gasteiger charge is -2.15. The molecule has 0 fully saturated rings. The van der Waals surface area contributed by atoms with Gasteiger partial charge in [-0.3, -0.25) is 9.78 Å². The van der Waals surface area contributed by atoms with Crippen LogP contribution in [0.1, 0.15) is 22.9 Å². The Balaban J connectivity index is 1.92. The van der Waals surface area contributed by atoms with Gasteiger partial charge in [0, 0.05) is 18.1 Å². The Morgan fingerprint density at radius 1 is 1.58 bits per heavy atom. The van der Waals surface area contributed by atoms with Gasteiger partial charge in [0.2, 0.25) is 0 Å². The predicted molar refractivity (Wildman–Crippen MR) is 73.1 cm³/mol. The van der Waals surface area contributed by atoms with Crippen molar-refractivity contribution in [3.8, 4) is 0 Å². The maximum absolute atomic E-state index is 11.2. The normalized spacial score (nSPS) is 17.2. The SMILES string of the molecule is CN(c1cccnc1)c1nc2c(s1)CCC2C(=O)O. The van der Waals surface area contributed by atoms with E-state index >= 15 is 0 Å². The monoisotopic (exact) mass is 275 g/mol. The van der Waals surface area contributed by atoms with Crippen molar-refractivity contribution >= 4 is 28.1 Å². The van der Waals surface area contributed by atoms with E-state index in [0.29, 0.717) is 6.42 Å². The summed E-state index contributed by atoms with van der Waals surface area (Å²) in [5.74, 6) is -1.22. The Labute approximate surface area is 114 Å². The number of pyridine rings is 1. The zero-order chi connectivity index (χ0) is 13.4. The van der Waals surface area contributed by atoms with Gasteiger partial charge in [-0.05, 0) is 25.0 Å². The van der Waals surface area contributed by atoms with Crippen molar-refractivity contribution in [3.05, 3.63) is 35.1 Å². The van der Waals surface area contributed by atoms with Crippen LogP contribution in [0.25, 0.3) is 0 Å². The Morgan fingerprint density at radius 2 is 2.42 bits per heavy atom. The first-order chi connectivity index (χ1) is 9.16. The Morgan fingerprint density at radius 3 is 3.11 bits per heavy atom. The molecule has 0 amide bonds. The van der Waals surface area contributed by atoms with Crippen LogP contribution in [0.5, 0.6) is 0 Å². The van der Waals surface area contributed by atoms with Crippen LogP contribution >= 0.6 is 11.3 Å². The maximum Gasteiger partial charge on any atom is 0.312 e. The summed E-state index contributed by atoms with van der Waals surface area (Å²) in [6.07, 6.45) is 4.96. The molecule has 0 radical (unpaired) electrons. The number of aryl methyl sites for hydroxylation is 1. The van der Waals surface area contributed by atoms with E-state index in [2.05, 4.69) is 9.97 Å². The van der Waals surface area contributed by atoms with Crippen molar-refractivity contribution < 1.29 is 9.90 Å². The summed E-state index contributed by atoms with van der Waals surface area (Å²) < 4.78 is 0. The number of carboxylic acid groups (broad SMARTS) is 1. The number of fused-ring (bicyclic) bond motifs is 1. The second-order valence-electron chi connectivity index (χ2n) is 4.50. The third kappa shape index (κ3) is 2.08. The fraction of sp³-hybridized carbons (Fsp3) is 0.308. The van der Waals surface area contributed by atoms with E-state index in [1.807, 2.05) is 24.1 Å². The van der Waals surface area contributed by atoms with E-state index in [1.165, 1.54) is 0 Å². The second kappa shape index (κ2) is 4.62. The number of rotatable bonds is 3. The van der Waals surface area contributed by atoms with Gasteiger partial charge in [0.25, 0.3) is 0 Å². The van der Waals surface area contributed by atoms with Gasteiger partial charge in [0.1, 0.15) is 5.92 Å². The number of hydrogen-bond acceptors (Lipinski definition) is 5. The van der Waals surface area contributed by atoms with Gasteiger partial charge < -0.3 is 10.0 Å². The highest BCUT2D eigenvalue weighted by molar-refractivity contribution is 7.15. The molecule has 1 N–H and O–H groups in total. The molecule has 0 aliphatic heterocycles. The smallest absolute Gasteiger partial charge is 0.312 e. The van der Waals surface area contributed by atoms with E-state index in [1.54, 1.807) is 23.7 Å². The van der Waals surface area contributed by atoms with Gasteiger partial charge in [-0.15, -0.1) is 11.3 Å². The quantitative estimate of drug-likeness (QED) is 0.931. The van der Waals surface area contributed by atoms with Crippen molar-refractivity contribution in [1.29, 1.82) is 0 Å². The van der Waals surface area contributed by atoms with Crippen LogP contribution in [0.2, 0.25) is 0 Å². The molecule has 0 saturated carbocycles. The average Bonchev–Trinajstić information content (AvgIpc) is 2.98. The minimum Gasteiger partial charge on any atom is -0.481 e. The molecule has 6 heteroatoms. The third-order valence-electron chi connectivity index (χ3n) is 3.32. The standard InChI is InChI=1S/C13H13N3O2S/c1-16(8-3-2-6-14-7-8)13-15-11-9(12(17)18)4-5-10(11)19-13/h2-3,6-7,9H,4-5H2,1H3,(H,17,18). The number of anilines is 2. The highest BCUT2D eigenvalue weighted by Crippen LogP contribution is 2.40. The highest BCUT2D eigenvalue weighted by atomic mass is 32.1. The minimum absolute atomic E-state index is 0.442. The van der Waals surface area contributed by atoms with Gasteiger partial charge in [-0.2, -0.15) is 0 Å². The lowest BCUT2D eigenvalue weighted by atomic mass is 10.1. The van der Waals surface area contributed by atoms with Crippen LogP contribution in [-0.4, -0.2) is 28.1 Å². The second-order valence-corrected chi connectivity index (χ2v) is 5.57. The number of aliphatic carboxylic acids is 1. The van der Waals surface area contributed by atoms with E-state index in [0.717, 1.165) is 27.8 Å². The Hall–Kier alpha value is -1.95. The molecule has 98 valence electrons. The highest BCUT2D eigenvalue weighted by Gasteiger charge is 2.32. The van der Waals surface area contributed by atoms with E-state index in [4.69, 9.17) is 5.11 Å². The van der Waals surface area contributed by atoms with Crippen molar-refractivity contribution in [1.82, 2.24) is 9.97 Å². The van der Waals surface area contributed by atoms with Gasteiger partial charge in [-0.1, -0.05) is 0 Å². The molecule has 0 spiro atoms. The molecular formula is C13H13N3O2S. The number of hydrogen-bond donors (Lipinski definition) is 1. The van der Waals surface area contributed by atoms with Crippen LogP contribution in [0.15, 0.2) is 24.5 Å². The molecule has 3 rings (SSSR count). The van der Waals surface area contributed by atoms with E-state index in [9.17, 15) is 4.79 Å². The van der Waals surface area contributed by atoms with Gasteiger partial charge >= 0.3 is 5.97 Å². The summed E-state index contributed by atoms with van der Waals surface area (Å²) in [6, 6.07) is 3.82. The largest absolute Gasteiger partial charge is 0.481 e. The summed E-state index contributed by atoms with van der Waals surface area (Å²) in [4.78, 5) is 22.8. The molecule has 0 saturated heterocycles. The number of aromatic nitrogens is 2. The first kappa shape index (κ1) is 12.1. The molecule has 2 heterocycles. The molecule has 19 heavy (non-hydrogen) atoms. The summed E-state index contributed by atoms with van der Waals surface area (Å²) in [6.45, 7) is 0. The summed E-state index contributed by atoms with van der Waals surface area (Å²) >= 11 is 1.57. The van der Waals surface area contributed by atoms with Crippen molar-refractivity contribution in [3.63, 3.8) is 0 Å². The first-order valence-corrected chi connectivity index (χ1v) is 6.84. The first-order valence-electron chi connectivity index (χ1n) is 6.03. The number of carbonyl (C=O) groups is 1. The fourth-order valence-corrected chi connectivity index (χ4v) is 3.38. The van der Waals surface area contributed by atoms with Gasteiger partial charge in [0.05, 0.1) is 17.6 Å². The Bertz CT molecular complexity index is 612. The Kier molecular flexibility index (Phi) is 2.94. The molecule has 2 aromatic rings. The summed E-state index contributed by atoms with van der Waals surface area (Å²) in [5, 5.41) is 9.99. The van der Waals surface area contributed by atoms with E-state index in [-0.39, 0.29) is 0 Å². The summed E-state index contributed by atoms with van der Waals surface area (Å²) in [7, 11) is 1.92. The molecule has 0 bridgehead atoms.